The lowest BCUT2D eigenvalue weighted by Gasteiger charge is -2.38. The van der Waals surface area contributed by atoms with Crippen molar-refractivity contribution in [2.24, 2.45) is 11.8 Å². The lowest BCUT2D eigenvalue weighted by molar-refractivity contribution is 0.246. The first-order valence-corrected chi connectivity index (χ1v) is 10.2. The standard InChI is InChI=1S/C18H38N2S/c1-6-11-19-17-10-9-16(15(4)5)14-18(17)21-13-12-20(7-2)8-3/h15-19H,6-14H2,1-5H3. The normalized spacial score (nSPS) is 26.7. The van der Waals surface area contributed by atoms with Gasteiger partial charge in [0, 0.05) is 23.6 Å². The zero-order valence-electron chi connectivity index (χ0n) is 15.0. The fourth-order valence-corrected chi connectivity index (χ4v) is 4.90. The smallest absolute Gasteiger partial charge is 0.0204 e. The molecule has 1 aliphatic rings. The maximum absolute atomic E-state index is 3.81. The zero-order chi connectivity index (χ0) is 15.7. The molecule has 0 amide bonds. The summed E-state index contributed by atoms with van der Waals surface area (Å²) in [5.74, 6) is 3.08. The van der Waals surface area contributed by atoms with E-state index in [9.17, 15) is 0 Å². The highest BCUT2D eigenvalue weighted by atomic mass is 32.2. The zero-order valence-corrected chi connectivity index (χ0v) is 15.8. The molecule has 2 nitrogen and oxygen atoms in total. The van der Waals surface area contributed by atoms with Crippen LogP contribution in [0.4, 0.5) is 0 Å². The van der Waals surface area contributed by atoms with Crippen LogP contribution in [0.15, 0.2) is 0 Å². The van der Waals surface area contributed by atoms with Gasteiger partial charge in [0.05, 0.1) is 0 Å². The fraction of sp³-hybridized carbons (Fsp3) is 1.00. The van der Waals surface area contributed by atoms with Crippen LogP contribution in [-0.4, -0.2) is 48.1 Å². The highest BCUT2D eigenvalue weighted by Crippen LogP contribution is 2.36. The summed E-state index contributed by atoms with van der Waals surface area (Å²) in [7, 11) is 0. The summed E-state index contributed by atoms with van der Waals surface area (Å²) in [6.07, 6.45) is 5.47. The van der Waals surface area contributed by atoms with Crippen molar-refractivity contribution in [3.8, 4) is 0 Å². The van der Waals surface area contributed by atoms with E-state index in [1.807, 2.05) is 0 Å². The van der Waals surface area contributed by atoms with Gasteiger partial charge in [0.2, 0.25) is 0 Å². The molecule has 0 heterocycles. The predicted octanol–water partition coefficient (Wildman–Crippen LogP) is 4.25. The molecule has 3 atom stereocenters. The topological polar surface area (TPSA) is 15.3 Å². The van der Waals surface area contributed by atoms with E-state index in [2.05, 4.69) is 56.6 Å². The maximum atomic E-state index is 3.81. The van der Waals surface area contributed by atoms with Crippen molar-refractivity contribution in [3.05, 3.63) is 0 Å². The minimum Gasteiger partial charge on any atom is -0.313 e. The molecule has 3 heteroatoms. The molecule has 0 aliphatic heterocycles. The molecule has 1 N–H and O–H groups in total. The highest BCUT2D eigenvalue weighted by molar-refractivity contribution is 8.00. The Morgan fingerprint density at radius 2 is 1.86 bits per heavy atom. The number of thioether (sulfide) groups is 1. The molecule has 1 saturated carbocycles. The second-order valence-corrected chi connectivity index (χ2v) is 8.16. The second-order valence-electron chi connectivity index (χ2n) is 6.81. The van der Waals surface area contributed by atoms with Gasteiger partial charge in [-0.1, -0.05) is 34.6 Å². The molecule has 0 saturated heterocycles. The van der Waals surface area contributed by atoms with Crippen molar-refractivity contribution in [2.75, 3.05) is 31.9 Å². The number of nitrogens with zero attached hydrogens (tertiary/aromatic N) is 1. The first kappa shape index (κ1) is 19.3. The van der Waals surface area contributed by atoms with Crippen LogP contribution in [0.2, 0.25) is 0 Å². The van der Waals surface area contributed by atoms with E-state index >= 15 is 0 Å². The van der Waals surface area contributed by atoms with Gasteiger partial charge in [0.15, 0.2) is 0 Å². The number of nitrogens with one attached hydrogen (secondary N) is 1. The minimum absolute atomic E-state index is 0.752. The van der Waals surface area contributed by atoms with Crippen LogP contribution >= 0.6 is 11.8 Å². The Bertz CT molecular complexity index is 254. The molecule has 0 radical (unpaired) electrons. The minimum atomic E-state index is 0.752. The van der Waals surface area contributed by atoms with Crippen LogP contribution in [0.1, 0.15) is 60.3 Å². The lowest BCUT2D eigenvalue weighted by atomic mass is 9.79. The van der Waals surface area contributed by atoms with Gasteiger partial charge in [-0.15, -0.1) is 0 Å². The van der Waals surface area contributed by atoms with Crippen molar-refractivity contribution < 1.29 is 0 Å². The lowest BCUT2D eigenvalue weighted by Crippen LogP contribution is -2.44. The quantitative estimate of drug-likeness (QED) is 0.649. The van der Waals surface area contributed by atoms with Gasteiger partial charge in [-0.2, -0.15) is 11.8 Å². The van der Waals surface area contributed by atoms with Crippen LogP contribution in [0.3, 0.4) is 0 Å². The van der Waals surface area contributed by atoms with E-state index in [-0.39, 0.29) is 0 Å². The predicted molar refractivity (Wildman–Crippen MR) is 98.3 cm³/mol. The van der Waals surface area contributed by atoms with E-state index in [0.717, 1.165) is 23.1 Å². The SMILES string of the molecule is CCCNC1CCC(C(C)C)CC1SCCN(CC)CC. The Labute approximate surface area is 137 Å². The molecule has 1 rings (SSSR count). The van der Waals surface area contributed by atoms with E-state index in [1.165, 1.54) is 57.6 Å². The summed E-state index contributed by atoms with van der Waals surface area (Å²) in [5, 5.41) is 4.64. The van der Waals surface area contributed by atoms with Gasteiger partial charge >= 0.3 is 0 Å². The summed E-state index contributed by atoms with van der Waals surface area (Å²) in [6.45, 7) is 16.4. The summed E-state index contributed by atoms with van der Waals surface area (Å²) in [6, 6.07) is 0.752. The van der Waals surface area contributed by atoms with Crippen LogP contribution in [0, 0.1) is 11.8 Å². The number of rotatable bonds is 10. The molecule has 1 aliphatic carbocycles. The average Bonchev–Trinajstić information content (AvgIpc) is 2.50. The molecule has 0 spiro atoms. The Morgan fingerprint density at radius 1 is 1.14 bits per heavy atom. The maximum Gasteiger partial charge on any atom is 0.0204 e. The van der Waals surface area contributed by atoms with Gasteiger partial charge in [0.25, 0.3) is 0 Å². The molecule has 21 heavy (non-hydrogen) atoms. The van der Waals surface area contributed by atoms with E-state index in [0.29, 0.717) is 0 Å². The molecule has 0 aromatic carbocycles. The van der Waals surface area contributed by atoms with E-state index in [1.54, 1.807) is 0 Å². The van der Waals surface area contributed by atoms with Crippen molar-refractivity contribution in [3.63, 3.8) is 0 Å². The third-order valence-corrected chi connectivity index (χ3v) is 6.43. The second kappa shape index (κ2) is 10.9. The van der Waals surface area contributed by atoms with Gasteiger partial charge in [-0.25, -0.2) is 0 Å². The molecular formula is C18H38N2S. The van der Waals surface area contributed by atoms with Crippen LogP contribution in [-0.2, 0) is 0 Å². The van der Waals surface area contributed by atoms with Crippen LogP contribution in [0.25, 0.3) is 0 Å². The first-order chi connectivity index (χ1) is 10.1. The summed E-state index contributed by atoms with van der Waals surface area (Å²) in [5.41, 5.74) is 0. The van der Waals surface area contributed by atoms with E-state index < -0.39 is 0 Å². The fourth-order valence-electron chi connectivity index (χ4n) is 3.39. The van der Waals surface area contributed by atoms with Gasteiger partial charge in [0.1, 0.15) is 0 Å². The molecular weight excluding hydrogens is 276 g/mol. The Hall–Kier alpha value is 0.270. The summed E-state index contributed by atoms with van der Waals surface area (Å²) < 4.78 is 0. The molecule has 3 unspecified atom stereocenters. The van der Waals surface area contributed by atoms with Crippen molar-refractivity contribution >= 4 is 11.8 Å². The monoisotopic (exact) mass is 314 g/mol. The average molecular weight is 315 g/mol. The Balaban J connectivity index is 2.45. The number of hydrogen-bond acceptors (Lipinski definition) is 3. The molecule has 126 valence electrons. The van der Waals surface area contributed by atoms with Crippen molar-refractivity contribution in [2.45, 2.75) is 71.6 Å². The molecule has 1 fully saturated rings. The van der Waals surface area contributed by atoms with Crippen LogP contribution < -0.4 is 5.32 Å². The van der Waals surface area contributed by atoms with Crippen molar-refractivity contribution in [1.29, 1.82) is 0 Å². The summed E-state index contributed by atoms with van der Waals surface area (Å²) in [4.78, 5) is 2.55. The molecule has 0 aromatic rings. The Kier molecular flexibility index (Phi) is 10.0. The number of hydrogen-bond donors (Lipinski definition) is 1. The van der Waals surface area contributed by atoms with Gasteiger partial charge < -0.3 is 10.2 Å². The van der Waals surface area contributed by atoms with Gasteiger partial charge in [-0.3, -0.25) is 0 Å². The first-order valence-electron chi connectivity index (χ1n) is 9.19. The highest BCUT2D eigenvalue weighted by Gasteiger charge is 2.31. The summed E-state index contributed by atoms with van der Waals surface area (Å²) >= 11 is 2.23. The van der Waals surface area contributed by atoms with Gasteiger partial charge in [-0.05, 0) is 57.2 Å². The molecule has 0 bridgehead atoms. The Morgan fingerprint density at radius 3 is 2.43 bits per heavy atom. The largest absolute Gasteiger partial charge is 0.313 e. The molecule has 0 aromatic heterocycles. The third kappa shape index (κ3) is 6.92. The van der Waals surface area contributed by atoms with E-state index in [4.69, 9.17) is 0 Å². The third-order valence-electron chi connectivity index (χ3n) is 5.07. The van der Waals surface area contributed by atoms with Crippen molar-refractivity contribution in [1.82, 2.24) is 10.2 Å². The van der Waals surface area contributed by atoms with Crippen LogP contribution in [0.5, 0.6) is 0 Å².